The molecule has 2 N–H and O–H groups in total. The van der Waals surface area contributed by atoms with Crippen molar-refractivity contribution in [3.8, 4) is 11.3 Å². The van der Waals surface area contributed by atoms with Crippen LogP contribution in [0.5, 0.6) is 0 Å². The standard InChI is InChI=1S/C37H40N8S2/c1-25-23-31(40-43-35-18-19-36(47-35)45-20-6-7-21-45)15-16-32(25)41-39-30-14-17-33(26(2)22-30)42-44-37-38-34(24-46-37)29-12-10-28(11-13-29)27-8-4-3-5-9-27/h10-19,22-24,27,40,43H,3-9,20-21H2,1-2H3. The summed E-state index contributed by atoms with van der Waals surface area (Å²) in [4.78, 5) is 7.17. The maximum Gasteiger partial charge on any atom is 0.230 e. The SMILES string of the molecule is Cc1cc(NNc2ccc(N3CCCC3)s2)ccc1N=Nc1ccc(N=Nc2nc(-c3ccc(C4CCCCC4)cc3)cs2)c(C)c1. The molecule has 1 aliphatic heterocycles. The van der Waals surface area contributed by atoms with Crippen molar-refractivity contribution in [1.29, 1.82) is 0 Å². The van der Waals surface area contributed by atoms with Crippen LogP contribution in [0.2, 0.25) is 0 Å². The summed E-state index contributed by atoms with van der Waals surface area (Å²) in [6, 6.07) is 25.1. The van der Waals surface area contributed by atoms with Gasteiger partial charge in [0.15, 0.2) is 0 Å². The summed E-state index contributed by atoms with van der Waals surface area (Å²) in [7, 11) is 0. The van der Waals surface area contributed by atoms with Gasteiger partial charge in [0.1, 0.15) is 5.00 Å². The van der Waals surface area contributed by atoms with Gasteiger partial charge < -0.3 is 10.3 Å². The summed E-state index contributed by atoms with van der Waals surface area (Å²) in [6.45, 7) is 6.36. The Labute approximate surface area is 284 Å². The average Bonchev–Trinajstić information content (AvgIpc) is 3.90. The summed E-state index contributed by atoms with van der Waals surface area (Å²) in [5, 5.41) is 23.1. The highest BCUT2D eigenvalue weighted by atomic mass is 32.1. The van der Waals surface area contributed by atoms with Gasteiger partial charge in [-0.05, 0) is 111 Å². The zero-order chi connectivity index (χ0) is 32.0. The van der Waals surface area contributed by atoms with Gasteiger partial charge in [0.2, 0.25) is 5.13 Å². The van der Waals surface area contributed by atoms with Crippen LogP contribution in [0.1, 0.15) is 67.6 Å². The van der Waals surface area contributed by atoms with E-state index in [9.17, 15) is 0 Å². The van der Waals surface area contributed by atoms with E-state index < -0.39 is 0 Å². The monoisotopic (exact) mass is 660 g/mol. The summed E-state index contributed by atoms with van der Waals surface area (Å²) in [5.41, 5.74) is 15.5. The van der Waals surface area contributed by atoms with Crippen LogP contribution in [0, 0.1) is 13.8 Å². The largest absolute Gasteiger partial charge is 0.363 e. The van der Waals surface area contributed by atoms with Crippen LogP contribution in [-0.4, -0.2) is 18.1 Å². The van der Waals surface area contributed by atoms with Crippen molar-refractivity contribution in [1.82, 2.24) is 4.98 Å². The fraction of sp³-hybridized carbons (Fsp3) is 0.324. The number of nitrogens with zero attached hydrogens (tertiary/aromatic N) is 6. The van der Waals surface area contributed by atoms with E-state index in [-0.39, 0.29) is 0 Å². The molecule has 0 radical (unpaired) electrons. The van der Waals surface area contributed by atoms with Crippen LogP contribution in [0.3, 0.4) is 0 Å². The number of hydrogen-bond acceptors (Lipinski definition) is 10. The molecule has 0 amide bonds. The van der Waals surface area contributed by atoms with Crippen LogP contribution in [0.15, 0.2) is 98.6 Å². The lowest BCUT2D eigenvalue weighted by molar-refractivity contribution is 0.443. The summed E-state index contributed by atoms with van der Waals surface area (Å²) in [6.07, 6.45) is 9.25. The van der Waals surface area contributed by atoms with Gasteiger partial charge in [0.05, 0.1) is 33.4 Å². The zero-order valence-corrected chi connectivity index (χ0v) is 28.6. The van der Waals surface area contributed by atoms with Crippen molar-refractivity contribution in [2.24, 2.45) is 20.5 Å². The molecule has 0 bridgehead atoms. The minimum absolute atomic E-state index is 0.644. The highest BCUT2D eigenvalue weighted by molar-refractivity contribution is 7.20. The Bertz CT molecular complexity index is 1860. The van der Waals surface area contributed by atoms with Crippen LogP contribution in [0.25, 0.3) is 11.3 Å². The minimum Gasteiger partial charge on any atom is -0.363 e. The predicted octanol–water partition coefficient (Wildman–Crippen LogP) is 12.4. The summed E-state index contributed by atoms with van der Waals surface area (Å²) < 4.78 is 0. The maximum atomic E-state index is 4.72. The molecule has 8 nitrogen and oxygen atoms in total. The highest BCUT2D eigenvalue weighted by Gasteiger charge is 2.16. The molecule has 2 aliphatic rings. The minimum atomic E-state index is 0.644. The number of benzene rings is 3. The first-order chi connectivity index (χ1) is 23.1. The number of thiophene rings is 1. The maximum absolute atomic E-state index is 4.72. The van der Waals surface area contributed by atoms with Gasteiger partial charge in [-0.1, -0.05) is 54.9 Å². The number of nitrogens with one attached hydrogen (secondary N) is 2. The molecule has 3 heterocycles. The second-order valence-electron chi connectivity index (χ2n) is 12.4. The molecule has 240 valence electrons. The zero-order valence-electron chi connectivity index (χ0n) is 26.9. The van der Waals surface area contributed by atoms with Gasteiger partial charge in [-0.15, -0.1) is 21.6 Å². The molecule has 2 aromatic heterocycles. The lowest BCUT2D eigenvalue weighted by Crippen LogP contribution is -2.15. The number of hydrazine groups is 1. The molecule has 10 heteroatoms. The van der Waals surface area contributed by atoms with Crippen LogP contribution >= 0.6 is 22.7 Å². The number of aryl methyl sites for hydroxylation is 2. The van der Waals surface area contributed by atoms with E-state index in [4.69, 9.17) is 4.98 Å². The molecule has 2 fully saturated rings. The van der Waals surface area contributed by atoms with E-state index in [1.54, 1.807) is 11.3 Å². The number of hydrogen-bond donors (Lipinski definition) is 2. The molecule has 0 unspecified atom stereocenters. The molecule has 0 spiro atoms. The van der Waals surface area contributed by atoms with E-state index in [1.165, 1.54) is 66.8 Å². The van der Waals surface area contributed by atoms with Crippen molar-refractivity contribution in [3.63, 3.8) is 0 Å². The second-order valence-corrected chi connectivity index (χ2v) is 14.3. The number of rotatable bonds is 10. The number of azo groups is 2. The van der Waals surface area contributed by atoms with Crippen molar-refractivity contribution < 1.29 is 0 Å². The molecule has 0 atom stereocenters. The van der Waals surface area contributed by atoms with Gasteiger partial charge in [-0.3, -0.25) is 5.43 Å². The van der Waals surface area contributed by atoms with E-state index >= 15 is 0 Å². The molecule has 1 saturated heterocycles. The van der Waals surface area contributed by atoms with Crippen LogP contribution < -0.4 is 15.8 Å². The average molecular weight is 661 g/mol. The lowest BCUT2D eigenvalue weighted by Gasteiger charge is -2.21. The van der Waals surface area contributed by atoms with Gasteiger partial charge in [0.25, 0.3) is 0 Å². The Balaban J connectivity index is 0.936. The third kappa shape index (κ3) is 7.77. The van der Waals surface area contributed by atoms with Crippen molar-refractivity contribution in [3.05, 3.63) is 94.9 Å². The molecule has 1 aliphatic carbocycles. The Morgan fingerprint density at radius 1 is 0.723 bits per heavy atom. The van der Waals surface area contributed by atoms with Gasteiger partial charge in [-0.25, -0.2) is 4.98 Å². The lowest BCUT2D eigenvalue weighted by atomic mass is 9.84. The van der Waals surface area contributed by atoms with Gasteiger partial charge >= 0.3 is 0 Å². The Hall–Kier alpha value is -4.41. The van der Waals surface area contributed by atoms with Gasteiger partial charge in [0, 0.05) is 24.0 Å². The Kier molecular flexibility index (Phi) is 9.67. The second kappa shape index (κ2) is 14.6. The quantitative estimate of drug-likeness (QED) is 0.115. The fourth-order valence-corrected chi connectivity index (χ4v) is 7.86. The van der Waals surface area contributed by atoms with E-state index in [2.05, 4.69) is 84.1 Å². The molecule has 47 heavy (non-hydrogen) atoms. The first kappa shape index (κ1) is 31.2. The Morgan fingerprint density at radius 2 is 1.47 bits per heavy atom. The normalized spacial score (nSPS) is 15.7. The first-order valence-corrected chi connectivity index (χ1v) is 18.2. The molecule has 5 aromatic rings. The molecule has 1 saturated carbocycles. The Morgan fingerprint density at radius 3 is 2.23 bits per heavy atom. The van der Waals surface area contributed by atoms with Crippen LogP contribution in [-0.2, 0) is 0 Å². The highest BCUT2D eigenvalue weighted by Crippen LogP contribution is 2.36. The fourth-order valence-electron chi connectivity index (χ4n) is 6.31. The van der Waals surface area contributed by atoms with Gasteiger partial charge in [-0.2, -0.15) is 10.2 Å². The topological polar surface area (TPSA) is 89.6 Å². The van der Waals surface area contributed by atoms with E-state index in [1.807, 2.05) is 44.2 Å². The smallest absolute Gasteiger partial charge is 0.230 e. The molecule has 7 rings (SSSR count). The van der Waals surface area contributed by atoms with Crippen LogP contribution in [0.4, 0.5) is 37.9 Å². The molecular weight excluding hydrogens is 621 g/mol. The predicted molar refractivity (Wildman–Crippen MR) is 197 cm³/mol. The third-order valence-corrected chi connectivity index (χ3v) is 10.8. The van der Waals surface area contributed by atoms with Crippen molar-refractivity contribution in [2.45, 2.75) is 64.7 Å². The number of thiazole rings is 1. The van der Waals surface area contributed by atoms with E-state index in [0.29, 0.717) is 11.0 Å². The first-order valence-electron chi connectivity index (χ1n) is 16.5. The summed E-state index contributed by atoms with van der Waals surface area (Å²) >= 11 is 3.28. The number of aromatic nitrogens is 1. The molecular formula is C37H40N8S2. The van der Waals surface area contributed by atoms with Crippen molar-refractivity contribution >= 4 is 60.6 Å². The summed E-state index contributed by atoms with van der Waals surface area (Å²) in [5.74, 6) is 0.708. The third-order valence-electron chi connectivity index (χ3n) is 9.01. The number of anilines is 3. The van der Waals surface area contributed by atoms with Crippen molar-refractivity contribution in [2.75, 3.05) is 28.8 Å². The van der Waals surface area contributed by atoms with E-state index in [0.717, 1.165) is 63.2 Å². The molecule has 3 aromatic carbocycles.